The van der Waals surface area contributed by atoms with E-state index in [4.69, 9.17) is 0 Å². The number of rotatable bonds is 6. The summed E-state index contributed by atoms with van der Waals surface area (Å²) < 4.78 is 23.9. The molecule has 0 saturated heterocycles. The summed E-state index contributed by atoms with van der Waals surface area (Å²) in [6.07, 6.45) is 3.45. The van der Waals surface area contributed by atoms with Gasteiger partial charge in [0, 0.05) is 17.3 Å². The Morgan fingerprint density at radius 3 is 2.17 bits per heavy atom. The lowest BCUT2D eigenvalue weighted by atomic mass is 10.0. The van der Waals surface area contributed by atoms with Crippen LogP contribution in [0.25, 0.3) is 11.3 Å². The predicted molar refractivity (Wildman–Crippen MR) is 119 cm³/mol. The quantitative estimate of drug-likeness (QED) is 0.543. The van der Waals surface area contributed by atoms with Gasteiger partial charge in [0.25, 0.3) is 0 Å². The van der Waals surface area contributed by atoms with Gasteiger partial charge in [-0.25, -0.2) is 8.42 Å². The maximum absolute atomic E-state index is 12.6. The molecule has 1 heterocycles. The standard InChI is InChI=1S/C24H26N2O3S/c1-17-7-5-6-8-21(17)22-15-25-20(14-26-22)13-23(27)19-11-9-18(10-12-19)16-30(28,29)24(2,3)4/h5-12,14-15H,13,16H2,1-4H3. The average Bonchev–Trinajstić information content (AvgIpc) is 2.68. The van der Waals surface area contributed by atoms with Crippen LogP contribution in [0.1, 0.15) is 48.0 Å². The van der Waals surface area contributed by atoms with E-state index in [2.05, 4.69) is 9.97 Å². The Bertz CT molecular complexity index is 1140. The van der Waals surface area contributed by atoms with Crippen molar-refractivity contribution in [3.8, 4) is 11.3 Å². The summed E-state index contributed by atoms with van der Waals surface area (Å²) in [5.41, 5.74) is 4.69. The minimum atomic E-state index is -3.27. The highest BCUT2D eigenvalue weighted by Crippen LogP contribution is 2.22. The molecule has 0 amide bonds. The first-order chi connectivity index (χ1) is 14.1. The fourth-order valence-electron chi connectivity index (χ4n) is 2.93. The molecule has 6 heteroatoms. The Morgan fingerprint density at radius 2 is 1.60 bits per heavy atom. The second-order valence-electron chi connectivity index (χ2n) is 8.38. The molecule has 0 radical (unpaired) electrons. The molecule has 2 aromatic carbocycles. The number of Topliss-reactive ketones (excluding diaryl/α,β-unsaturated/α-hetero) is 1. The minimum absolute atomic E-state index is 0.0448. The zero-order valence-corrected chi connectivity index (χ0v) is 18.5. The number of aryl methyl sites for hydroxylation is 1. The Balaban J connectivity index is 1.68. The number of carbonyl (C=O) groups excluding carboxylic acids is 1. The molecule has 0 aliphatic carbocycles. The van der Waals surface area contributed by atoms with Crippen molar-refractivity contribution in [2.75, 3.05) is 0 Å². The van der Waals surface area contributed by atoms with Crippen LogP contribution < -0.4 is 0 Å². The topological polar surface area (TPSA) is 77.0 Å². The van der Waals surface area contributed by atoms with Crippen molar-refractivity contribution in [1.29, 1.82) is 0 Å². The van der Waals surface area contributed by atoms with Gasteiger partial charge in [-0.3, -0.25) is 14.8 Å². The molecule has 0 saturated carbocycles. The van der Waals surface area contributed by atoms with Crippen molar-refractivity contribution in [2.45, 2.75) is 44.6 Å². The molecule has 3 rings (SSSR count). The van der Waals surface area contributed by atoms with Crippen molar-refractivity contribution >= 4 is 15.6 Å². The Morgan fingerprint density at radius 1 is 0.933 bits per heavy atom. The molecule has 0 aliphatic heterocycles. The molecule has 0 aliphatic rings. The van der Waals surface area contributed by atoms with Gasteiger partial charge < -0.3 is 0 Å². The van der Waals surface area contributed by atoms with Crippen molar-refractivity contribution in [3.05, 3.63) is 83.3 Å². The molecular weight excluding hydrogens is 396 g/mol. The third-order valence-corrected chi connectivity index (χ3v) is 7.61. The SMILES string of the molecule is Cc1ccccc1-c1cnc(CC(=O)c2ccc(CS(=O)(=O)C(C)(C)C)cc2)cn1. The lowest BCUT2D eigenvalue weighted by Gasteiger charge is -2.19. The van der Waals surface area contributed by atoms with E-state index in [1.54, 1.807) is 57.4 Å². The fraction of sp³-hybridized carbons (Fsp3) is 0.292. The van der Waals surface area contributed by atoms with Gasteiger partial charge in [0.2, 0.25) is 0 Å². The number of ketones is 1. The molecule has 156 valence electrons. The molecule has 0 fully saturated rings. The minimum Gasteiger partial charge on any atom is -0.294 e. The van der Waals surface area contributed by atoms with Crippen LogP contribution in [0, 0.1) is 6.92 Å². The van der Waals surface area contributed by atoms with Crippen molar-refractivity contribution < 1.29 is 13.2 Å². The Labute approximate surface area is 178 Å². The molecule has 5 nitrogen and oxygen atoms in total. The van der Waals surface area contributed by atoms with Gasteiger partial charge in [0.15, 0.2) is 15.6 Å². The third-order valence-electron chi connectivity index (χ3n) is 5.03. The zero-order chi connectivity index (χ0) is 21.9. The zero-order valence-electron chi connectivity index (χ0n) is 17.7. The van der Waals surface area contributed by atoms with Gasteiger partial charge >= 0.3 is 0 Å². The smallest absolute Gasteiger partial charge is 0.168 e. The van der Waals surface area contributed by atoms with Crippen molar-refractivity contribution in [3.63, 3.8) is 0 Å². The Kier molecular flexibility index (Phi) is 6.17. The fourth-order valence-corrected chi connectivity index (χ4v) is 4.00. The molecule has 0 unspecified atom stereocenters. The molecule has 3 aromatic rings. The number of nitrogens with zero attached hydrogens (tertiary/aromatic N) is 2. The van der Waals surface area contributed by atoms with E-state index in [9.17, 15) is 13.2 Å². The summed E-state index contributed by atoms with van der Waals surface area (Å²) in [5, 5.41) is 0. The number of aromatic nitrogens is 2. The molecule has 1 aromatic heterocycles. The van der Waals surface area contributed by atoms with Crippen LogP contribution >= 0.6 is 0 Å². The summed E-state index contributed by atoms with van der Waals surface area (Å²) in [4.78, 5) is 21.4. The highest BCUT2D eigenvalue weighted by molar-refractivity contribution is 7.91. The second-order valence-corrected chi connectivity index (χ2v) is 11.1. The van der Waals surface area contributed by atoms with Crippen LogP contribution in [0.2, 0.25) is 0 Å². The summed E-state index contributed by atoms with van der Waals surface area (Å²) >= 11 is 0. The molecule has 0 N–H and O–H groups in total. The summed E-state index contributed by atoms with van der Waals surface area (Å²) in [5.74, 6) is -0.130. The number of hydrogen-bond donors (Lipinski definition) is 0. The van der Waals surface area contributed by atoms with Gasteiger partial charge in [-0.05, 0) is 38.8 Å². The van der Waals surface area contributed by atoms with Crippen molar-refractivity contribution in [1.82, 2.24) is 9.97 Å². The van der Waals surface area contributed by atoms with Gasteiger partial charge in [-0.15, -0.1) is 0 Å². The van der Waals surface area contributed by atoms with Crippen molar-refractivity contribution in [2.24, 2.45) is 0 Å². The van der Waals surface area contributed by atoms with Crippen LogP contribution in [0.3, 0.4) is 0 Å². The van der Waals surface area contributed by atoms with Gasteiger partial charge in [-0.1, -0.05) is 48.5 Å². The van der Waals surface area contributed by atoms with E-state index < -0.39 is 14.6 Å². The van der Waals surface area contributed by atoms with Crippen LogP contribution in [0.15, 0.2) is 60.9 Å². The van der Waals surface area contributed by atoms with Gasteiger partial charge in [-0.2, -0.15) is 0 Å². The first-order valence-electron chi connectivity index (χ1n) is 9.78. The largest absolute Gasteiger partial charge is 0.294 e. The van der Waals surface area contributed by atoms with E-state index in [-0.39, 0.29) is 18.0 Å². The summed E-state index contributed by atoms with van der Waals surface area (Å²) in [6.45, 7) is 7.08. The first-order valence-corrected chi connectivity index (χ1v) is 11.4. The van der Waals surface area contributed by atoms with E-state index in [1.165, 1.54) is 0 Å². The lowest BCUT2D eigenvalue weighted by molar-refractivity contribution is 0.0992. The maximum atomic E-state index is 12.6. The predicted octanol–water partition coefficient (Wildman–Crippen LogP) is 4.59. The third kappa shape index (κ3) is 5.00. The first kappa shape index (κ1) is 21.8. The lowest BCUT2D eigenvalue weighted by Crippen LogP contribution is -2.29. The van der Waals surface area contributed by atoms with E-state index >= 15 is 0 Å². The van der Waals surface area contributed by atoms with Crippen LogP contribution in [0.4, 0.5) is 0 Å². The highest BCUT2D eigenvalue weighted by atomic mass is 32.2. The molecule has 0 bridgehead atoms. The van der Waals surface area contributed by atoms with E-state index in [0.29, 0.717) is 16.8 Å². The number of carbonyl (C=O) groups is 1. The maximum Gasteiger partial charge on any atom is 0.168 e. The number of hydrogen-bond acceptors (Lipinski definition) is 5. The molecule has 30 heavy (non-hydrogen) atoms. The normalized spacial score (nSPS) is 12.0. The average molecular weight is 423 g/mol. The van der Waals surface area contributed by atoms with Crippen LogP contribution in [0.5, 0.6) is 0 Å². The van der Waals surface area contributed by atoms with E-state index in [1.807, 2.05) is 31.2 Å². The van der Waals surface area contributed by atoms with Crippen LogP contribution in [-0.2, 0) is 22.0 Å². The number of benzene rings is 2. The van der Waals surface area contributed by atoms with Crippen LogP contribution in [-0.4, -0.2) is 28.9 Å². The molecule has 0 atom stereocenters. The molecular formula is C24H26N2O3S. The summed E-state index contributed by atoms with van der Waals surface area (Å²) in [7, 11) is -3.27. The highest BCUT2D eigenvalue weighted by Gasteiger charge is 2.28. The Hall–Kier alpha value is -2.86. The monoisotopic (exact) mass is 422 g/mol. The second kappa shape index (κ2) is 8.48. The van der Waals surface area contributed by atoms with E-state index in [0.717, 1.165) is 16.8 Å². The van der Waals surface area contributed by atoms with Gasteiger partial charge in [0.05, 0.1) is 34.5 Å². The molecule has 0 spiro atoms. The van der Waals surface area contributed by atoms with Gasteiger partial charge in [0.1, 0.15) is 0 Å². The number of sulfone groups is 1. The summed E-state index contributed by atoms with van der Waals surface area (Å²) in [6, 6.07) is 14.7.